The summed E-state index contributed by atoms with van der Waals surface area (Å²) in [5.74, 6) is 0.115. The third-order valence-corrected chi connectivity index (χ3v) is 10.5. The van der Waals surface area contributed by atoms with Gasteiger partial charge in [0, 0.05) is 35.4 Å². The van der Waals surface area contributed by atoms with E-state index in [1.807, 2.05) is 25.2 Å². The topological polar surface area (TPSA) is 78.7 Å². The number of halogens is 1. The molecule has 190 valence electrons. The zero-order chi connectivity index (χ0) is 25.1. The number of alkyl halides is 1. The third kappa shape index (κ3) is 2.65. The first-order valence-electron chi connectivity index (χ1n) is 13.2. The van der Waals surface area contributed by atoms with Crippen LogP contribution in [0.1, 0.15) is 51.0 Å². The molecule has 7 heteroatoms. The second-order valence-corrected chi connectivity index (χ2v) is 12.2. The van der Waals surface area contributed by atoms with Crippen LogP contribution in [0.4, 0.5) is 4.39 Å². The highest BCUT2D eigenvalue weighted by Gasteiger charge is 2.76. The number of aromatic nitrogens is 2. The molecule has 2 aliphatic heterocycles. The molecule has 8 atom stereocenters. The van der Waals surface area contributed by atoms with Crippen molar-refractivity contribution in [3.63, 3.8) is 0 Å². The van der Waals surface area contributed by atoms with Crippen molar-refractivity contribution in [2.75, 3.05) is 14.1 Å². The Bertz CT molecular complexity index is 1330. The molecule has 1 saturated carbocycles. The predicted molar refractivity (Wildman–Crippen MR) is 135 cm³/mol. The number of benzene rings is 1. The third-order valence-electron chi connectivity index (χ3n) is 10.5. The van der Waals surface area contributed by atoms with Crippen molar-refractivity contribution >= 4 is 16.5 Å². The molecule has 1 aromatic heterocycles. The zero-order valence-corrected chi connectivity index (χ0v) is 21.1. The van der Waals surface area contributed by atoms with Gasteiger partial charge in [-0.15, -0.1) is 0 Å². The van der Waals surface area contributed by atoms with Gasteiger partial charge in [0.2, 0.25) is 0 Å². The number of likely N-dealkylation sites (N-methyl/N-ethyl adjacent to an activating group) is 1. The molecule has 3 fully saturated rings. The van der Waals surface area contributed by atoms with Crippen LogP contribution < -0.4 is 0 Å². The average Bonchev–Trinajstić information content (AvgIpc) is 3.39. The maximum absolute atomic E-state index is 16.9. The molecule has 3 heterocycles. The number of aliphatic hydroxyl groups excluding tert-OH is 2. The van der Waals surface area contributed by atoms with E-state index >= 15 is 4.39 Å². The van der Waals surface area contributed by atoms with E-state index in [2.05, 4.69) is 47.2 Å². The lowest BCUT2D eigenvalue weighted by molar-refractivity contribution is -0.277. The number of ether oxygens (including phenoxy) is 1. The van der Waals surface area contributed by atoms with Gasteiger partial charge in [-0.1, -0.05) is 31.2 Å². The maximum Gasteiger partial charge on any atom is 0.171 e. The fraction of sp³-hybridized carbons (Fsp3) is 0.586. The second kappa shape index (κ2) is 7.22. The van der Waals surface area contributed by atoms with E-state index in [1.165, 1.54) is 5.57 Å². The Morgan fingerprint density at radius 1 is 1.14 bits per heavy atom. The van der Waals surface area contributed by atoms with Gasteiger partial charge in [-0.3, -0.25) is 0 Å². The summed E-state index contributed by atoms with van der Waals surface area (Å²) in [6.07, 6.45) is 8.78. The molecule has 2 spiro atoms. The summed E-state index contributed by atoms with van der Waals surface area (Å²) in [6, 6.07) is 6.15. The van der Waals surface area contributed by atoms with Crippen LogP contribution in [0.3, 0.4) is 0 Å². The molecule has 0 radical (unpaired) electrons. The number of rotatable bonds is 2. The Morgan fingerprint density at radius 3 is 2.78 bits per heavy atom. The fourth-order valence-corrected chi connectivity index (χ4v) is 8.63. The number of allylic oxidation sites excluding steroid dienone is 3. The fourth-order valence-electron chi connectivity index (χ4n) is 8.63. The van der Waals surface area contributed by atoms with E-state index in [0.29, 0.717) is 24.8 Å². The van der Waals surface area contributed by atoms with Crippen LogP contribution in [-0.2, 0) is 4.74 Å². The highest BCUT2D eigenvalue weighted by molar-refractivity contribution is 5.84. The lowest BCUT2D eigenvalue weighted by Gasteiger charge is -2.61. The van der Waals surface area contributed by atoms with Crippen molar-refractivity contribution in [2.45, 2.75) is 80.6 Å². The predicted octanol–water partition coefficient (Wildman–Crippen LogP) is 3.83. The number of aliphatic hydroxyl groups is 2. The lowest BCUT2D eigenvalue weighted by atomic mass is 9.56. The number of nitrogens with zero attached hydrogens (tertiary/aromatic N) is 3. The summed E-state index contributed by atoms with van der Waals surface area (Å²) >= 11 is 0. The minimum absolute atomic E-state index is 0.102. The van der Waals surface area contributed by atoms with Crippen molar-refractivity contribution in [2.24, 2.45) is 11.3 Å². The van der Waals surface area contributed by atoms with Gasteiger partial charge in [-0.05, 0) is 69.0 Å². The molecule has 2 bridgehead atoms. The highest BCUT2D eigenvalue weighted by atomic mass is 19.1. The largest absolute Gasteiger partial charge is 0.391 e. The van der Waals surface area contributed by atoms with E-state index in [0.717, 1.165) is 29.3 Å². The minimum atomic E-state index is -1.98. The smallest absolute Gasteiger partial charge is 0.171 e. The average molecular weight is 492 g/mol. The summed E-state index contributed by atoms with van der Waals surface area (Å²) < 4.78 is 23.9. The molecule has 3 aliphatic carbocycles. The maximum atomic E-state index is 16.9. The quantitative estimate of drug-likeness (QED) is 0.622. The molecule has 1 aromatic carbocycles. The van der Waals surface area contributed by atoms with Crippen molar-refractivity contribution < 1.29 is 19.3 Å². The van der Waals surface area contributed by atoms with Gasteiger partial charge in [0.15, 0.2) is 5.67 Å². The van der Waals surface area contributed by atoms with Crippen molar-refractivity contribution in [3.05, 3.63) is 54.0 Å². The van der Waals surface area contributed by atoms with E-state index in [9.17, 15) is 10.2 Å². The van der Waals surface area contributed by atoms with Gasteiger partial charge in [0.05, 0.1) is 17.2 Å². The van der Waals surface area contributed by atoms with E-state index < -0.39 is 29.1 Å². The molecular weight excluding hydrogens is 457 g/mol. The molecule has 2 aromatic rings. The first kappa shape index (κ1) is 23.0. The Balaban J connectivity index is 1.30. The first-order valence-corrected chi connectivity index (χ1v) is 13.2. The first-order chi connectivity index (χ1) is 17.1. The molecule has 5 unspecified atom stereocenters. The molecule has 2 saturated heterocycles. The molecule has 7 rings (SSSR count). The van der Waals surface area contributed by atoms with Crippen molar-refractivity contribution in [1.29, 1.82) is 0 Å². The number of hydrogen-bond acceptors (Lipinski definition) is 6. The van der Waals surface area contributed by atoms with Crippen LogP contribution in [0, 0.1) is 11.3 Å². The SMILES string of the molecule is CN(C)[C@H]1C[C@@]23CC[C@@]4(O2)C(=CCC2(C)C(c5ccc6cncnc6c5)=CCC24)C(O)C3(F)CC1O. The van der Waals surface area contributed by atoms with Crippen LogP contribution >= 0.6 is 0 Å². The summed E-state index contributed by atoms with van der Waals surface area (Å²) in [5, 5.41) is 23.4. The van der Waals surface area contributed by atoms with E-state index in [-0.39, 0.29) is 23.8 Å². The number of hydrogen-bond donors (Lipinski definition) is 2. The normalized spacial score (nSPS) is 45.2. The van der Waals surface area contributed by atoms with Gasteiger partial charge in [0.1, 0.15) is 18.0 Å². The van der Waals surface area contributed by atoms with Gasteiger partial charge in [-0.25, -0.2) is 14.4 Å². The molecule has 5 aliphatic rings. The molecule has 36 heavy (non-hydrogen) atoms. The minimum Gasteiger partial charge on any atom is -0.391 e. The van der Waals surface area contributed by atoms with Crippen LogP contribution in [0.2, 0.25) is 0 Å². The van der Waals surface area contributed by atoms with Crippen LogP contribution in [-0.4, -0.2) is 74.3 Å². The molecule has 0 amide bonds. The lowest BCUT2D eigenvalue weighted by Crippen LogP contribution is -2.73. The number of fused-ring (bicyclic) bond motifs is 2. The summed E-state index contributed by atoms with van der Waals surface area (Å²) in [7, 11) is 3.84. The highest BCUT2D eigenvalue weighted by Crippen LogP contribution is 2.70. The monoisotopic (exact) mass is 491 g/mol. The Labute approximate surface area is 210 Å². The van der Waals surface area contributed by atoms with Crippen molar-refractivity contribution in [3.8, 4) is 0 Å². The Morgan fingerprint density at radius 2 is 1.97 bits per heavy atom. The zero-order valence-electron chi connectivity index (χ0n) is 21.1. The summed E-state index contributed by atoms with van der Waals surface area (Å²) in [5.41, 5.74) is 0.110. The van der Waals surface area contributed by atoms with E-state index in [4.69, 9.17) is 4.74 Å². The van der Waals surface area contributed by atoms with Gasteiger partial charge in [-0.2, -0.15) is 0 Å². The Hall–Kier alpha value is -2.19. The summed E-state index contributed by atoms with van der Waals surface area (Å²) in [4.78, 5) is 10.6. The van der Waals surface area contributed by atoms with Crippen LogP contribution in [0.15, 0.2) is 48.4 Å². The van der Waals surface area contributed by atoms with E-state index in [1.54, 1.807) is 6.33 Å². The van der Waals surface area contributed by atoms with Gasteiger partial charge < -0.3 is 19.8 Å². The molecule has 2 N–H and O–H groups in total. The summed E-state index contributed by atoms with van der Waals surface area (Å²) in [6.45, 7) is 2.30. The molecular formula is C29H34FN3O3. The molecule has 6 nitrogen and oxygen atoms in total. The van der Waals surface area contributed by atoms with Gasteiger partial charge >= 0.3 is 0 Å². The second-order valence-electron chi connectivity index (χ2n) is 12.2. The Kier molecular flexibility index (Phi) is 4.61. The van der Waals surface area contributed by atoms with Gasteiger partial charge in [0.25, 0.3) is 0 Å². The van der Waals surface area contributed by atoms with Crippen LogP contribution in [0.5, 0.6) is 0 Å². The van der Waals surface area contributed by atoms with Crippen molar-refractivity contribution in [1.82, 2.24) is 14.9 Å². The van der Waals surface area contributed by atoms with Crippen LogP contribution in [0.25, 0.3) is 16.5 Å². The standard InChI is InChI=1S/C29H34FN3O3/c1-26-9-8-20-25(35)29(30)14-23(34)22(33(2)3)13-27(29)10-11-28(20,36-27)24(26)7-6-19(26)17-4-5-18-15-31-16-32-21(18)12-17/h4-6,8,12,15-16,22-25,34-35H,7,9-11,13-14H2,1-3H3/t22-,23?,24?,25?,26?,27+,28+,29?/m0/s1.